The molecule has 0 spiro atoms. The van der Waals surface area contributed by atoms with Crippen molar-refractivity contribution in [3.8, 4) is 11.5 Å². The summed E-state index contributed by atoms with van der Waals surface area (Å²) in [6.07, 6.45) is 3.93. The van der Waals surface area contributed by atoms with Gasteiger partial charge in [-0.1, -0.05) is 18.6 Å². The first kappa shape index (κ1) is 17.9. The fourth-order valence-electron chi connectivity index (χ4n) is 2.25. The van der Waals surface area contributed by atoms with E-state index in [1.165, 1.54) is 19.3 Å². The molecule has 1 saturated carbocycles. The third-order valence-corrected chi connectivity index (χ3v) is 3.70. The van der Waals surface area contributed by atoms with Crippen molar-refractivity contribution in [1.82, 2.24) is 5.32 Å². The topological polar surface area (TPSA) is 68.9 Å². The van der Waals surface area contributed by atoms with Crippen molar-refractivity contribution in [1.29, 1.82) is 0 Å². The van der Waals surface area contributed by atoms with Gasteiger partial charge in [0.15, 0.2) is 17.5 Å². The second-order valence-electron chi connectivity index (χ2n) is 5.03. The fraction of sp³-hybridized carbons (Fsp3) is 0.533. The van der Waals surface area contributed by atoms with Crippen molar-refractivity contribution >= 4 is 29.9 Å². The van der Waals surface area contributed by atoms with Crippen LogP contribution in [0, 0.1) is 5.92 Å². The minimum Gasteiger partial charge on any atom is -0.493 e. The molecule has 6 heteroatoms. The summed E-state index contributed by atoms with van der Waals surface area (Å²) in [5.41, 5.74) is 6.84. The zero-order valence-electron chi connectivity index (χ0n) is 12.6. The quantitative estimate of drug-likeness (QED) is 0.434. The van der Waals surface area contributed by atoms with Gasteiger partial charge in [0.05, 0.1) is 20.8 Å². The van der Waals surface area contributed by atoms with Gasteiger partial charge in [-0.05, 0) is 24.8 Å². The summed E-state index contributed by atoms with van der Waals surface area (Å²) in [5.74, 6) is 2.67. The summed E-state index contributed by atoms with van der Waals surface area (Å²) in [6.45, 7) is 1.40. The van der Waals surface area contributed by atoms with E-state index in [4.69, 9.17) is 15.2 Å². The van der Waals surface area contributed by atoms with E-state index in [0.717, 1.165) is 18.0 Å². The van der Waals surface area contributed by atoms with Crippen molar-refractivity contribution in [2.45, 2.75) is 25.8 Å². The molecule has 3 N–H and O–H groups in total. The van der Waals surface area contributed by atoms with Gasteiger partial charge in [-0.2, -0.15) is 0 Å². The summed E-state index contributed by atoms with van der Waals surface area (Å²) in [7, 11) is 3.25. The van der Waals surface area contributed by atoms with Crippen molar-refractivity contribution < 1.29 is 9.47 Å². The monoisotopic (exact) mass is 405 g/mol. The number of aliphatic imine (C=N–C) groups is 1. The Bertz CT molecular complexity index is 476. The number of rotatable bonds is 6. The zero-order valence-corrected chi connectivity index (χ0v) is 14.9. The molecule has 1 fully saturated rings. The number of halogens is 1. The molecule has 5 nitrogen and oxygen atoms in total. The van der Waals surface area contributed by atoms with E-state index in [1.54, 1.807) is 14.2 Å². The maximum atomic E-state index is 5.88. The van der Waals surface area contributed by atoms with Crippen LogP contribution in [0.1, 0.15) is 24.8 Å². The second-order valence-corrected chi connectivity index (χ2v) is 5.03. The SMILES string of the molecule is COc1cccc(CN=C(N)NCC2CCC2)c1OC.I. The molecular weight excluding hydrogens is 381 g/mol. The van der Waals surface area contributed by atoms with Crippen LogP contribution in [0.4, 0.5) is 0 Å². The van der Waals surface area contributed by atoms with Crippen LogP contribution in [0.3, 0.4) is 0 Å². The van der Waals surface area contributed by atoms with E-state index in [0.29, 0.717) is 24.0 Å². The Balaban J connectivity index is 0.00000220. The number of ether oxygens (including phenoxy) is 2. The van der Waals surface area contributed by atoms with Gasteiger partial charge in [0.1, 0.15) is 0 Å². The van der Waals surface area contributed by atoms with Crippen LogP contribution in [0.5, 0.6) is 11.5 Å². The number of benzene rings is 1. The Morgan fingerprint density at radius 1 is 1.33 bits per heavy atom. The van der Waals surface area contributed by atoms with Crippen LogP contribution in [0.25, 0.3) is 0 Å². The van der Waals surface area contributed by atoms with Gasteiger partial charge < -0.3 is 20.5 Å². The number of nitrogens with two attached hydrogens (primary N) is 1. The largest absolute Gasteiger partial charge is 0.493 e. The summed E-state index contributed by atoms with van der Waals surface area (Å²) in [6, 6.07) is 5.75. The van der Waals surface area contributed by atoms with Crippen molar-refractivity contribution in [2.75, 3.05) is 20.8 Å². The minimum absolute atomic E-state index is 0. The maximum absolute atomic E-state index is 5.88. The minimum atomic E-state index is 0. The van der Waals surface area contributed by atoms with E-state index < -0.39 is 0 Å². The van der Waals surface area contributed by atoms with Crippen molar-refractivity contribution in [2.24, 2.45) is 16.6 Å². The molecule has 0 amide bonds. The lowest BCUT2D eigenvalue weighted by Gasteiger charge is -2.25. The predicted molar refractivity (Wildman–Crippen MR) is 95.6 cm³/mol. The van der Waals surface area contributed by atoms with Crippen molar-refractivity contribution in [3.63, 3.8) is 0 Å². The zero-order chi connectivity index (χ0) is 14.4. The first-order valence-electron chi connectivity index (χ1n) is 6.98. The molecule has 1 aliphatic carbocycles. The van der Waals surface area contributed by atoms with Crippen LogP contribution in [-0.2, 0) is 6.54 Å². The van der Waals surface area contributed by atoms with Gasteiger partial charge in [-0.3, -0.25) is 0 Å². The maximum Gasteiger partial charge on any atom is 0.188 e. The van der Waals surface area contributed by atoms with Crippen LogP contribution in [-0.4, -0.2) is 26.7 Å². The summed E-state index contributed by atoms with van der Waals surface area (Å²) in [5, 5.41) is 3.18. The highest BCUT2D eigenvalue weighted by atomic mass is 127. The first-order valence-corrected chi connectivity index (χ1v) is 6.98. The van der Waals surface area contributed by atoms with E-state index >= 15 is 0 Å². The first-order chi connectivity index (χ1) is 9.74. The number of guanidine groups is 1. The Hall–Kier alpha value is -1.18. The van der Waals surface area contributed by atoms with E-state index in [1.807, 2.05) is 18.2 Å². The van der Waals surface area contributed by atoms with Crippen LogP contribution >= 0.6 is 24.0 Å². The Labute approximate surface area is 143 Å². The molecule has 1 aromatic rings. The average molecular weight is 405 g/mol. The lowest BCUT2D eigenvalue weighted by molar-refractivity contribution is 0.315. The normalized spacial score (nSPS) is 14.9. The van der Waals surface area contributed by atoms with Crippen LogP contribution in [0.15, 0.2) is 23.2 Å². The molecule has 1 aromatic carbocycles. The standard InChI is InChI=1S/C15H23N3O2.HI/c1-19-13-8-4-7-12(14(13)20-2)10-18-15(16)17-9-11-5-3-6-11;/h4,7-8,11H,3,5-6,9-10H2,1-2H3,(H3,16,17,18);1H. The number of hydrogen-bond donors (Lipinski definition) is 2. The summed E-state index contributed by atoms with van der Waals surface area (Å²) >= 11 is 0. The molecule has 1 aliphatic rings. The summed E-state index contributed by atoms with van der Waals surface area (Å²) in [4.78, 5) is 4.36. The van der Waals surface area contributed by atoms with Crippen molar-refractivity contribution in [3.05, 3.63) is 23.8 Å². The molecular formula is C15H24IN3O2. The van der Waals surface area contributed by atoms with Gasteiger partial charge in [0.25, 0.3) is 0 Å². The number of methoxy groups -OCH3 is 2. The molecule has 0 heterocycles. The number of para-hydroxylation sites is 1. The molecule has 2 rings (SSSR count). The second kappa shape index (κ2) is 8.96. The predicted octanol–water partition coefficient (Wildman–Crippen LogP) is 2.53. The van der Waals surface area contributed by atoms with E-state index in [-0.39, 0.29) is 24.0 Å². The lowest BCUT2D eigenvalue weighted by Crippen LogP contribution is -2.37. The third kappa shape index (κ3) is 4.94. The highest BCUT2D eigenvalue weighted by molar-refractivity contribution is 14.0. The highest BCUT2D eigenvalue weighted by Crippen LogP contribution is 2.31. The lowest BCUT2D eigenvalue weighted by atomic mass is 9.85. The van der Waals surface area contributed by atoms with Crippen LogP contribution in [0.2, 0.25) is 0 Å². The molecule has 0 saturated heterocycles. The van der Waals surface area contributed by atoms with Crippen LogP contribution < -0.4 is 20.5 Å². The van der Waals surface area contributed by atoms with Gasteiger partial charge in [0.2, 0.25) is 0 Å². The third-order valence-electron chi connectivity index (χ3n) is 3.70. The number of hydrogen-bond acceptors (Lipinski definition) is 3. The highest BCUT2D eigenvalue weighted by Gasteiger charge is 2.16. The molecule has 118 valence electrons. The molecule has 21 heavy (non-hydrogen) atoms. The molecule has 0 bridgehead atoms. The van der Waals surface area contributed by atoms with Gasteiger partial charge in [-0.15, -0.1) is 24.0 Å². The number of nitrogens with one attached hydrogen (secondary N) is 1. The molecule has 0 atom stereocenters. The Morgan fingerprint density at radius 3 is 2.67 bits per heavy atom. The molecule has 0 aliphatic heterocycles. The Morgan fingerprint density at radius 2 is 2.10 bits per heavy atom. The molecule has 0 radical (unpaired) electrons. The molecule has 0 aromatic heterocycles. The van der Waals surface area contributed by atoms with Gasteiger partial charge in [-0.25, -0.2) is 4.99 Å². The van der Waals surface area contributed by atoms with Gasteiger partial charge >= 0.3 is 0 Å². The molecule has 0 unspecified atom stereocenters. The van der Waals surface area contributed by atoms with E-state index in [2.05, 4.69) is 10.3 Å². The Kier molecular flexibility index (Phi) is 7.63. The average Bonchev–Trinajstić information content (AvgIpc) is 2.42. The summed E-state index contributed by atoms with van der Waals surface area (Å²) < 4.78 is 10.6. The number of nitrogens with zero attached hydrogens (tertiary/aromatic N) is 1. The van der Waals surface area contributed by atoms with Gasteiger partial charge in [0, 0.05) is 12.1 Å². The fourth-order valence-corrected chi connectivity index (χ4v) is 2.25. The smallest absolute Gasteiger partial charge is 0.188 e. The van der Waals surface area contributed by atoms with E-state index in [9.17, 15) is 0 Å².